The molecule has 0 radical (unpaired) electrons. The lowest BCUT2D eigenvalue weighted by molar-refractivity contribution is 0.00970. The third-order valence-electron chi connectivity index (χ3n) is 3.47. The molecule has 84 valence electrons. The molecule has 14 heavy (non-hydrogen) atoms. The monoisotopic (exact) mass is 200 g/mol. The van der Waals surface area contributed by atoms with Gasteiger partial charge in [-0.3, -0.25) is 4.90 Å². The van der Waals surface area contributed by atoms with Crippen LogP contribution in [-0.2, 0) is 4.74 Å². The van der Waals surface area contributed by atoms with Crippen molar-refractivity contribution in [2.24, 2.45) is 11.1 Å². The van der Waals surface area contributed by atoms with E-state index in [1.807, 2.05) is 0 Å². The van der Waals surface area contributed by atoms with Crippen molar-refractivity contribution in [3.63, 3.8) is 0 Å². The predicted molar refractivity (Wildman–Crippen MR) is 59.3 cm³/mol. The summed E-state index contributed by atoms with van der Waals surface area (Å²) in [5.41, 5.74) is 6.18. The van der Waals surface area contributed by atoms with Crippen molar-refractivity contribution in [2.75, 3.05) is 32.8 Å². The van der Waals surface area contributed by atoms with Crippen LogP contribution in [0, 0.1) is 5.41 Å². The lowest BCUT2D eigenvalue weighted by Gasteiger charge is -2.43. The zero-order chi connectivity index (χ0) is 10.8. The molecule has 0 aromatic heterocycles. The maximum absolute atomic E-state index is 6.17. The molecule has 1 rings (SSSR count). The highest BCUT2D eigenvalue weighted by atomic mass is 16.5. The molecule has 0 atom stereocenters. The van der Waals surface area contributed by atoms with Gasteiger partial charge >= 0.3 is 0 Å². The van der Waals surface area contributed by atoms with Crippen LogP contribution in [0.2, 0.25) is 0 Å². The summed E-state index contributed by atoms with van der Waals surface area (Å²) in [6.07, 6.45) is 0. The fourth-order valence-corrected chi connectivity index (χ4v) is 1.52. The molecule has 0 amide bonds. The van der Waals surface area contributed by atoms with Gasteiger partial charge in [0.1, 0.15) is 0 Å². The third-order valence-corrected chi connectivity index (χ3v) is 3.47. The minimum Gasteiger partial charge on any atom is -0.379 e. The Bertz CT molecular complexity index is 178. The van der Waals surface area contributed by atoms with Gasteiger partial charge in [-0.2, -0.15) is 0 Å². The predicted octanol–water partition coefficient (Wildman–Crippen LogP) is 1.08. The van der Waals surface area contributed by atoms with Gasteiger partial charge in [-0.05, 0) is 19.3 Å². The Morgan fingerprint density at radius 2 is 1.64 bits per heavy atom. The molecule has 0 bridgehead atoms. The van der Waals surface area contributed by atoms with Crippen molar-refractivity contribution >= 4 is 0 Å². The van der Waals surface area contributed by atoms with Gasteiger partial charge in [0.25, 0.3) is 0 Å². The first-order valence-electron chi connectivity index (χ1n) is 5.42. The first kappa shape index (κ1) is 12.0. The Morgan fingerprint density at radius 1 is 1.14 bits per heavy atom. The van der Waals surface area contributed by atoms with E-state index in [0.717, 1.165) is 32.8 Å². The van der Waals surface area contributed by atoms with E-state index >= 15 is 0 Å². The summed E-state index contributed by atoms with van der Waals surface area (Å²) >= 11 is 0. The molecule has 1 saturated heterocycles. The van der Waals surface area contributed by atoms with Crippen molar-refractivity contribution in [2.45, 2.75) is 33.2 Å². The Hall–Kier alpha value is -0.120. The Kier molecular flexibility index (Phi) is 3.56. The lowest BCUT2D eigenvalue weighted by Crippen LogP contribution is -2.54. The first-order chi connectivity index (χ1) is 6.33. The van der Waals surface area contributed by atoms with E-state index in [9.17, 15) is 0 Å². The van der Waals surface area contributed by atoms with Crippen LogP contribution in [-0.4, -0.2) is 43.3 Å². The van der Waals surface area contributed by atoms with Gasteiger partial charge in [0.2, 0.25) is 0 Å². The molecule has 0 saturated carbocycles. The van der Waals surface area contributed by atoms with Gasteiger partial charge in [0.05, 0.1) is 13.2 Å². The molecule has 3 heteroatoms. The van der Waals surface area contributed by atoms with E-state index in [1.54, 1.807) is 0 Å². The second kappa shape index (κ2) is 4.17. The summed E-state index contributed by atoms with van der Waals surface area (Å²) in [6, 6.07) is 0. The van der Waals surface area contributed by atoms with Crippen LogP contribution in [0.3, 0.4) is 0 Å². The Morgan fingerprint density at radius 3 is 2.07 bits per heavy atom. The maximum atomic E-state index is 6.17. The molecule has 0 aromatic rings. The molecule has 1 fully saturated rings. The molecular weight excluding hydrogens is 176 g/mol. The van der Waals surface area contributed by atoms with Gasteiger partial charge in [0.15, 0.2) is 0 Å². The first-order valence-corrected chi connectivity index (χ1v) is 5.42. The normalized spacial score (nSPS) is 21.2. The van der Waals surface area contributed by atoms with Gasteiger partial charge in [-0.15, -0.1) is 0 Å². The molecule has 0 unspecified atom stereocenters. The van der Waals surface area contributed by atoms with Gasteiger partial charge < -0.3 is 10.5 Å². The number of nitrogens with zero attached hydrogens (tertiary/aromatic N) is 1. The smallest absolute Gasteiger partial charge is 0.0594 e. The van der Waals surface area contributed by atoms with Crippen LogP contribution in [0.1, 0.15) is 27.7 Å². The molecule has 0 aliphatic carbocycles. The molecule has 1 aliphatic heterocycles. The fourth-order valence-electron chi connectivity index (χ4n) is 1.52. The number of hydrogen-bond acceptors (Lipinski definition) is 3. The van der Waals surface area contributed by atoms with Crippen molar-refractivity contribution in [1.29, 1.82) is 0 Å². The molecule has 3 nitrogen and oxygen atoms in total. The third kappa shape index (κ3) is 2.94. The molecule has 2 N–H and O–H groups in total. The summed E-state index contributed by atoms with van der Waals surface area (Å²) in [4.78, 5) is 2.44. The number of hydrogen-bond donors (Lipinski definition) is 1. The van der Waals surface area contributed by atoms with Crippen LogP contribution in [0.15, 0.2) is 0 Å². The average molecular weight is 200 g/mol. The highest BCUT2D eigenvalue weighted by molar-refractivity contribution is 4.92. The van der Waals surface area contributed by atoms with Crippen LogP contribution in [0.25, 0.3) is 0 Å². The average Bonchev–Trinajstić information content (AvgIpc) is 2.03. The van der Waals surface area contributed by atoms with E-state index in [2.05, 4.69) is 32.6 Å². The van der Waals surface area contributed by atoms with Crippen molar-refractivity contribution in [3.8, 4) is 0 Å². The fraction of sp³-hybridized carbons (Fsp3) is 1.00. The number of ether oxygens (including phenoxy) is 1. The number of rotatable bonds is 3. The molecular formula is C11H24N2O. The summed E-state index contributed by atoms with van der Waals surface area (Å²) in [7, 11) is 0. The standard InChI is InChI=1S/C11H24N2O/c1-10(2,11(3,4)12)9-13-5-7-14-8-6-13/h5-9,12H2,1-4H3. The highest BCUT2D eigenvalue weighted by Crippen LogP contribution is 2.29. The Labute approximate surface area is 87.6 Å². The van der Waals surface area contributed by atoms with Gasteiger partial charge in [0, 0.05) is 25.2 Å². The minimum absolute atomic E-state index is 0.134. The van der Waals surface area contributed by atoms with Crippen LogP contribution in [0.4, 0.5) is 0 Å². The van der Waals surface area contributed by atoms with Crippen LogP contribution in [0.5, 0.6) is 0 Å². The SMILES string of the molecule is CC(C)(N)C(C)(C)CN1CCOCC1. The summed E-state index contributed by atoms with van der Waals surface area (Å²) in [5.74, 6) is 0. The second-order valence-corrected chi connectivity index (χ2v) is 5.49. The maximum Gasteiger partial charge on any atom is 0.0594 e. The molecule has 1 aliphatic rings. The van der Waals surface area contributed by atoms with Gasteiger partial charge in [-0.1, -0.05) is 13.8 Å². The van der Waals surface area contributed by atoms with E-state index in [-0.39, 0.29) is 11.0 Å². The zero-order valence-corrected chi connectivity index (χ0v) is 9.97. The van der Waals surface area contributed by atoms with E-state index < -0.39 is 0 Å². The zero-order valence-electron chi connectivity index (χ0n) is 9.97. The van der Waals surface area contributed by atoms with E-state index in [0.29, 0.717) is 0 Å². The number of morpholine rings is 1. The van der Waals surface area contributed by atoms with Crippen molar-refractivity contribution in [1.82, 2.24) is 4.90 Å². The van der Waals surface area contributed by atoms with Crippen LogP contribution < -0.4 is 5.73 Å². The van der Waals surface area contributed by atoms with Gasteiger partial charge in [-0.25, -0.2) is 0 Å². The topological polar surface area (TPSA) is 38.5 Å². The van der Waals surface area contributed by atoms with Crippen molar-refractivity contribution < 1.29 is 4.74 Å². The Balaban J connectivity index is 2.49. The summed E-state index contributed by atoms with van der Waals surface area (Å²) in [6.45, 7) is 13.5. The largest absolute Gasteiger partial charge is 0.379 e. The molecule has 1 heterocycles. The van der Waals surface area contributed by atoms with E-state index in [1.165, 1.54) is 0 Å². The molecule has 0 aromatic carbocycles. The highest BCUT2D eigenvalue weighted by Gasteiger charge is 2.35. The van der Waals surface area contributed by atoms with Crippen LogP contribution >= 0.6 is 0 Å². The number of nitrogens with two attached hydrogens (primary N) is 1. The quantitative estimate of drug-likeness (QED) is 0.741. The van der Waals surface area contributed by atoms with Crippen molar-refractivity contribution in [3.05, 3.63) is 0 Å². The second-order valence-electron chi connectivity index (χ2n) is 5.49. The lowest BCUT2D eigenvalue weighted by atomic mass is 9.75. The summed E-state index contributed by atoms with van der Waals surface area (Å²) < 4.78 is 5.33. The summed E-state index contributed by atoms with van der Waals surface area (Å²) in [5, 5.41) is 0. The molecule has 0 spiro atoms. The minimum atomic E-state index is -0.134. The van der Waals surface area contributed by atoms with E-state index in [4.69, 9.17) is 10.5 Å².